The molecule has 0 spiro atoms. The molecule has 1 fully saturated rings. The third kappa shape index (κ3) is 4.38. The van der Waals surface area contributed by atoms with Gasteiger partial charge in [-0.1, -0.05) is 24.3 Å². The van der Waals surface area contributed by atoms with Gasteiger partial charge in [0, 0.05) is 58.2 Å². The molecule has 1 unspecified atom stereocenters. The lowest BCUT2D eigenvalue weighted by atomic mass is 9.93. The number of hydrogen-bond acceptors (Lipinski definition) is 4. The molecule has 2 aromatic rings. The number of pyridine rings is 1. The Morgan fingerprint density at radius 2 is 1.76 bits per heavy atom. The van der Waals surface area contributed by atoms with Crippen LogP contribution in [0.1, 0.15) is 36.1 Å². The van der Waals surface area contributed by atoms with Crippen LogP contribution in [0.25, 0.3) is 6.08 Å². The maximum atomic E-state index is 13.0. The fourth-order valence-corrected chi connectivity index (χ4v) is 4.11. The Morgan fingerprint density at radius 3 is 2.48 bits per heavy atom. The molecule has 0 radical (unpaired) electrons. The fraction of sp³-hybridized carbons (Fsp3) is 0.348. The van der Waals surface area contributed by atoms with E-state index in [1.54, 1.807) is 18.0 Å². The molecule has 150 valence electrons. The molecule has 4 rings (SSSR count). The van der Waals surface area contributed by atoms with Crippen molar-refractivity contribution in [1.82, 2.24) is 19.7 Å². The first-order valence-corrected chi connectivity index (χ1v) is 10.1. The van der Waals surface area contributed by atoms with Gasteiger partial charge >= 0.3 is 0 Å². The highest BCUT2D eigenvalue weighted by Gasteiger charge is 2.30. The summed E-state index contributed by atoms with van der Waals surface area (Å²) in [7, 11) is 0. The average Bonchev–Trinajstić information content (AvgIpc) is 2.75. The number of rotatable bonds is 4. The molecule has 2 aliphatic heterocycles. The van der Waals surface area contributed by atoms with Gasteiger partial charge in [0.05, 0.1) is 12.5 Å². The van der Waals surface area contributed by atoms with E-state index in [1.165, 1.54) is 5.56 Å². The molecule has 0 bridgehead atoms. The lowest BCUT2D eigenvalue weighted by Crippen LogP contribution is -2.49. The molecular weight excluding hydrogens is 364 g/mol. The molecule has 0 N–H and O–H groups in total. The zero-order valence-corrected chi connectivity index (χ0v) is 16.7. The minimum Gasteiger partial charge on any atom is -0.340 e. The van der Waals surface area contributed by atoms with Crippen LogP contribution in [-0.4, -0.2) is 57.7 Å². The third-order valence-electron chi connectivity index (χ3n) is 5.72. The average molecular weight is 390 g/mol. The van der Waals surface area contributed by atoms with Crippen LogP contribution in [0.2, 0.25) is 0 Å². The Kier molecular flexibility index (Phi) is 5.71. The molecule has 1 atom stereocenters. The molecule has 6 nitrogen and oxygen atoms in total. The molecule has 1 aromatic carbocycles. The summed E-state index contributed by atoms with van der Waals surface area (Å²) < 4.78 is 0. The fourth-order valence-electron chi connectivity index (χ4n) is 4.11. The Bertz CT molecular complexity index is 904. The van der Waals surface area contributed by atoms with Crippen molar-refractivity contribution in [2.75, 3.05) is 26.2 Å². The number of fused-ring (bicyclic) bond motifs is 1. The highest BCUT2D eigenvalue weighted by Crippen LogP contribution is 2.33. The number of carbonyl (C=O) groups excluding carboxylic acids is 2. The first kappa shape index (κ1) is 19.3. The maximum absolute atomic E-state index is 13.0. The summed E-state index contributed by atoms with van der Waals surface area (Å²) in [4.78, 5) is 35.2. The number of aromatic nitrogens is 1. The van der Waals surface area contributed by atoms with Crippen molar-refractivity contribution in [1.29, 1.82) is 0 Å². The van der Waals surface area contributed by atoms with E-state index in [0.29, 0.717) is 19.5 Å². The van der Waals surface area contributed by atoms with Crippen LogP contribution in [0.5, 0.6) is 0 Å². The molecular formula is C23H26N4O2. The van der Waals surface area contributed by atoms with Gasteiger partial charge in [0.1, 0.15) is 0 Å². The third-order valence-corrected chi connectivity index (χ3v) is 5.72. The van der Waals surface area contributed by atoms with Crippen molar-refractivity contribution in [2.45, 2.75) is 25.9 Å². The number of amides is 2. The van der Waals surface area contributed by atoms with Crippen molar-refractivity contribution in [3.05, 3.63) is 71.7 Å². The van der Waals surface area contributed by atoms with E-state index in [0.717, 1.165) is 30.8 Å². The number of nitrogens with zero attached hydrogens (tertiary/aromatic N) is 4. The van der Waals surface area contributed by atoms with Gasteiger partial charge in [0.15, 0.2) is 0 Å². The largest absolute Gasteiger partial charge is 0.340 e. The second kappa shape index (κ2) is 8.57. The van der Waals surface area contributed by atoms with Crippen LogP contribution >= 0.6 is 0 Å². The monoisotopic (exact) mass is 390 g/mol. The zero-order chi connectivity index (χ0) is 20.2. The summed E-state index contributed by atoms with van der Waals surface area (Å²) >= 11 is 0. The molecule has 1 aromatic heterocycles. The van der Waals surface area contributed by atoms with E-state index in [-0.39, 0.29) is 17.9 Å². The maximum Gasteiger partial charge on any atom is 0.225 e. The van der Waals surface area contributed by atoms with Gasteiger partial charge in [-0.25, -0.2) is 0 Å². The van der Waals surface area contributed by atoms with Crippen LogP contribution in [0, 0.1) is 0 Å². The highest BCUT2D eigenvalue weighted by molar-refractivity contribution is 5.82. The second-order valence-electron chi connectivity index (χ2n) is 7.60. The van der Waals surface area contributed by atoms with Gasteiger partial charge in [0.2, 0.25) is 11.8 Å². The Balaban J connectivity index is 1.39. The Hall–Kier alpha value is -2.99. The molecule has 6 heteroatoms. The van der Waals surface area contributed by atoms with E-state index < -0.39 is 0 Å². The minimum atomic E-state index is -0.240. The first-order chi connectivity index (χ1) is 14.1. The van der Waals surface area contributed by atoms with Crippen molar-refractivity contribution >= 4 is 17.9 Å². The topological polar surface area (TPSA) is 56.8 Å². The van der Waals surface area contributed by atoms with E-state index in [4.69, 9.17) is 0 Å². The molecule has 2 aliphatic rings. The number of piperazine rings is 1. The summed E-state index contributed by atoms with van der Waals surface area (Å²) in [6.07, 6.45) is 7.68. The molecule has 0 aliphatic carbocycles. The van der Waals surface area contributed by atoms with Gasteiger partial charge in [0.25, 0.3) is 0 Å². The van der Waals surface area contributed by atoms with Crippen molar-refractivity contribution in [3.63, 3.8) is 0 Å². The standard InChI is InChI=1S/C23H26N4O2/c1-18(28)27-11-8-20-4-2-3-5-21(20)22(27)16-23(29)26-14-12-25(13-15-26)17-19-6-9-24-10-7-19/h2-11,22H,12-17H2,1H3. The van der Waals surface area contributed by atoms with Crippen LogP contribution < -0.4 is 0 Å². The summed E-state index contributed by atoms with van der Waals surface area (Å²) in [5.41, 5.74) is 3.35. The highest BCUT2D eigenvalue weighted by atomic mass is 16.2. The molecule has 0 saturated carbocycles. The minimum absolute atomic E-state index is 0.0456. The zero-order valence-electron chi connectivity index (χ0n) is 16.7. The van der Waals surface area contributed by atoms with E-state index in [9.17, 15) is 9.59 Å². The van der Waals surface area contributed by atoms with Gasteiger partial charge in [-0.2, -0.15) is 0 Å². The predicted molar refractivity (Wildman–Crippen MR) is 111 cm³/mol. The predicted octanol–water partition coefficient (Wildman–Crippen LogP) is 2.69. The molecule has 29 heavy (non-hydrogen) atoms. The Morgan fingerprint density at radius 1 is 1.03 bits per heavy atom. The number of benzene rings is 1. The van der Waals surface area contributed by atoms with Gasteiger partial charge in [-0.05, 0) is 34.9 Å². The summed E-state index contributed by atoms with van der Waals surface area (Å²) in [5, 5.41) is 0. The van der Waals surface area contributed by atoms with E-state index in [2.05, 4.69) is 9.88 Å². The lowest BCUT2D eigenvalue weighted by molar-refractivity contribution is -0.136. The first-order valence-electron chi connectivity index (χ1n) is 10.1. The van der Waals surface area contributed by atoms with Gasteiger partial charge < -0.3 is 9.80 Å². The summed E-state index contributed by atoms with van der Waals surface area (Å²) in [6.45, 7) is 5.57. The van der Waals surface area contributed by atoms with E-state index in [1.807, 2.05) is 59.8 Å². The Labute approximate surface area is 171 Å². The number of carbonyl (C=O) groups is 2. The summed E-state index contributed by atoms with van der Waals surface area (Å²) in [5.74, 6) is 0.0608. The van der Waals surface area contributed by atoms with Crippen LogP contribution in [0.4, 0.5) is 0 Å². The molecule has 3 heterocycles. The van der Waals surface area contributed by atoms with Crippen molar-refractivity contribution in [2.24, 2.45) is 0 Å². The normalized spacial score (nSPS) is 19.1. The molecule has 2 amide bonds. The quantitative estimate of drug-likeness (QED) is 0.806. The lowest BCUT2D eigenvalue weighted by Gasteiger charge is -2.37. The second-order valence-corrected chi connectivity index (χ2v) is 7.60. The smallest absolute Gasteiger partial charge is 0.225 e. The van der Waals surface area contributed by atoms with Crippen molar-refractivity contribution in [3.8, 4) is 0 Å². The molecule has 1 saturated heterocycles. The van der Waals surface area contributed by atoms with Gasteiger partial charge in [-0.15, -0.1) is 0 Å². The van der Waals surface area contributed by atoms with Gasteiger partial charge in [-0.3, -0.25) is 19.5 Å². The van der Waals surface area contributed by atoms with Crippen LogP contribution in [0.15, 0.2) is 55.0 Å². The van der Waals surface area contributed by atoms with Crippen molar-refractivity contribution < 1.29 is 9.59 Å². The SMILES string of the molecule is CC(=O)N1C=Cc2ccccc2C1CC(=O)N1CCN(Cc2ccncc2)CC1. The summed E-state index contributed by atoms with van der Waals surface area (Å²) in [6, 6.07) is 11.8. The van der Waals surface area contributed by atoms with E-state index >= 15 is 0 Å². The van der Waals surface area contributed by atoms with Crippen LogP contribution in [0.3, 0.4) is 0 Å². The number of hydrogen-bond donors (Lipinski definition) is 0. The van der Waals surface area contributed by atoms with Crippen LogP contribution in [-0.2, 0) is 16.1 Å².